The number of hydrogen-bond donors (Lipinski definition) is 1. The largest absolute Gasteiger partial charge is 0.317 e. The molecule has 1 aromatic rings. The fourth-order valence-electron chi connectivity index (χ4n) is 1.73. The molecule has 1 saturated heterocycles. The summed E-state index contributed by atoms with van der Waals surface area (Å²) in [5.74, 6) is 0.886. The number of aromatic nitrogens is 4. The molecule has 1 aliphatic rings. The van der Waals surface area contributed by atoms with E-state index in [2.05, 4.69) is 27.7 Å². The maximum absolute atomic E-state index is 4.27. The monoisotopic (exact) mass is 181 g/mol. The summed E-state index contributed by atoms with van der Waals surface area (Å²) in [7, 11) is 1.81. The van der Waals surface area contributed by atoms with Crippen LogP contribution in [0.3, 0.4) is 0 Å². The molecule has 0 unspecified atom stereocenters. The van der Waals surface area contributed by atoms with Gasteiger partial charge in [0, 0.05) is 5.41 Å². The van der Waals surface area contributed by atoms with E-state index < -0.39 is 0 Å². The molecule has 0 atom stereocenters. The van der Waals surface area contributed by atoms with Gasteiger partial charge in [-0.15, -0.1) is 10.2 Å². The Hall–Kier alpha value is -0.970. The van der Waals surface area contributed by atoms with Crippen molar-refractivity contribution in [3.8, 4) is 0 Å². The van der Waals surface area contributed by atoms with E-state index in [1.807, 2.05) is 0 Å². The van der Waals surface area contributed by atoms with Gasteiger partial charge in [0.2, 0.25) is 0 Å². The molecule has 72 valence electrons. The van der Waals surface area contributed by atoms with Gasteiger partial charge >= 0.3 is 0 Å². The number of rotatable bonds is 1. The van der Waals surface area contributed by atoms with Gasteiger partial charge in [0.15, 0.2) is 5.82 Å². The molecule has 1 fully saturated rings. The average Bonchev–Trinajstić information content (AvgIpc) is 2.54. The number of aryl methyl sites for hydroxylation is 1. The Morgan fingerprint density at radius 1 is 1.38 bits per heavy atom. The summed E-state index contributed by atoms with van der Waals surface area (Å²) >= 11 is 0. The number of piperidine rings is 1. The third kappa shape index (κ3) is 1.56. The lowest BCUT2D eigenvalue weighted by Crippen LogP contribution is -2.38. The van der Waals surface area contributed by atoms with Gasteiger partial charge < -0.3 is 5.32 Å². The highest BCUT2D eigenvalue weighted by atomic mass is 15.6. The smallest absolute Gasteiger partial charge is 0.180 e. The van der Waals surface area contributed by atoms with Crippen molar-refractivity contribution in [3.63, 3.8) is 0 Å². The van der Waals surface area contributed by atoms with Gasteiger partial charge in [-0.2, -0.15) is 4.80 Å². The normalized spacial score (nSPS) is 21.7. The van der Waals surface area contributed by atoms with Gasteiger partial charge in [-0.05, 0) is 31.1 Å². The summed E-state index contributed by atoms with van der Waals surface area (Å²) in [6.45, 7) is 4.31. The average molecular weight is 181 g/mol. The molecule has 0 aromatic carbocycles. The van der Waals surface area contributed by atoms with Crippen LogP contribution in [-0.2, 0) is 12.5 Å². The van der Waals surface area contributed by atoms with Crippen LogP contribution in [0.15, 0.2) is 0 Å². The molecule has 13 heavy (non-hydrogen) atoms. The number of nitrogens with zero attached hydrogens (tertiary/aromatic N) is 4. The molecule has 0 amide bonds. The summed E-state index contributed by atoms with van der Waals surface area (Å²) < 4.78 is 0. The van der Waals surface area contributed by atoms with Crippen LogP contribution >= 0.6 is 0 Å². The molecule has 1 N–H and O–H groups in total. The number of tetrazole rings is 1. The summed E-state index contributed by atoms with van der Waals surface area (Å²) in [6, 6.07) is 0. The van der Waals surface area contributed by atoms with Gasteiger partial charge in [-0.3, -0.25) is 0 Å². The zero-order chi connectivity index (χ0) is 9.31. The van der Waals surface area contributed by atoms with Gasteiger partial charge in [0.25, 0.3) is 0 Å². The van der Waals surface area contributed by atoms with Gasteiger partial charge in [-0.1, -0.05) is 6.92 Å². The second kappa shape index (κ2) is 3.06. The lowest BCUT2D eigenvalue weighted by molar-refractivity contribution is 0.318. The Morgan fingerprint density at radius 2 is 2.08 bits per heavy atom. The van der Waals surface area contributed by atoms with Crippen LogP contribution in [0.4, 0.5) is 0 Å². The van der Waals surface area contributed by atoms with Crippen LogP contribution in [0, 0.1) is 0 Å². The second-order valence-electron chi connectivity index (χ2n) is 3.91. The maximum atomic E-state index is 4.27. The van der Waals surface area contributed by atoms with E-state index in [0.717, 1.165) is 31.8 Å². The third-order valence-corrected chi connectivity index (χ3v) is 2.76. The summed E-state index contributed by atoms with van der Waals surface area (Å²) in [4.78, 5) is 1.53. The lowest BCUT2D eigenvalue weighted by Gasteiger charge is -2.30. The van der Waals surface area contributed by atoms with E-state index >= 15 is 0 Å². The molecular formula is C8H15N5. The van der Waals surface area contributed by atoms with E-state index in [-0.39, 0.29) is 5.41 Å². The van der Waals surface area contributed by atoms with Crippen LogP contribution in [0.5, 0.6) is 0 Å². The Labute approximate surface area is 77.5 Å². The molecule has 0 spiro atoms. The number of nitrogens with one attached hydrogen (secondary N) is 1. The van der Waals surface area contributed by atoms with Crippen LogP contribution in [0.2, 0.25) is 0 Å². The highest BCUT2D eigenvalue weighted by molar-refractivity contribution is 5.04. The molecule has 0 saturated carbocycles. The Balaban J connectivity index is 2.22. The molecule has 5 heteroatoms. The van der Waals surface area contributed by atoms with Crippen molar-refractivity contribution in [2.75, 3.05) is 13.1 Å². The molecule has 2 heterocycles. The standard InChI is InChI=1S/C8H15N5/c1-8(3-5-9-6-4-8)7-10-12-13(2)11-7/h9H,3-6H2,1-2H3. The van der Waals surface area contributed by atoms with Crippen molar-refractivity contribution in [1.82, 2.24) is 25.5 Å². The minimum Gasteiger partial charge on any atom is -0.317 e. The first kappa shape index (κ1) is 8.62. The van der Waals surface area contributed by atoms with E-state index in [1.165, 1.54) is 4.80 Å². The zero-order valence-electron chi connectivity index (χ0n) is 8.12. The minimum absolute atomic E-state index is 0.125. The van der Waals surface area contributed by atoms with Crippen molar-refractivity contribution in [2.24, 2.45) is 7.05 Å². The van der Waals surface area contributed by atoms with Crippen molar-refractivity contribution < 1.29 is 0 Å². The number of hydrogen-bond acceptors (Lipinski definition) is 4. The highest BCUT2D eigenvalue weighted by Gasteiger charge is 2.32. The van der Waals surface area contributed by atoms with Crippen molar-refractivity contribution in [2.45, 2.75) is 25.2 Å². The SMILES string of the molecule is Cn1nnc(C2(C)CCNCC2)n1. The minimum atomic E-state index is 0.125. The Kier molecular flexibility index (Phi) is 2.03. The first-order valence-electron chi connectivity index (χ1n) is 4.66. The maximum Gasteiger partial charge on any atom is 0.180 e. The van der Waals surface area contributed by atoms with Crippen LogP contribution < -0.4 is 5.32 Å². The molecule has 0 bridgehead atoms. The van der Waals surface area contributed by atoms with Crippen molar-refractivity contribution in [3.05, 3.63) is 5.82 Å². The van der Waals surface area contributed by atoms with Gasteiger partial charge in [0.1, 0.15) is 0 Å². The van der Waals surface area contributed by atoms with Crippen LogP contribution in [0.25, 0.3) is 0 Å². The zero-order valence-corrected chi connectivity index (χ0v) is 8.12. The molecule has 5 nitrogen and oxygen atoms in total. The first-order valence-corrected chi connectivity index (χ1v) is 4.66. The predicted molar refractivity (Wildman–Crippen MR) is 48.3 cm³/mol. The lowest BCUT2D eigenvalue weighted by atomic mass is 9.80. The topological polar surface area (TPSA) is 55.6 Å². The molecule has 1 aliphatic heterocycles. The van der Waals surface area contributed by atoms with Crippen molar-refractivity contribution in [1.29, 1.82) is 0 Å². The first-order chi connectivity index (χ1) is 6.21. The predicted octanol–water partition coefficient (Wildman–Crippen LogP) is -0.149. The fourth-order valence-corrected chi connectivity index (χ4v) is 1.73. The second-order valence-corrected chi connectivity index (χ2v) is 3.91. The van der Waals surface area contributed by atoms with E-state index in [1.54, 1.807) is 7.05 Å². The van der Waals surface area contributed by atoms with Gasteiger partial charge in [0.05, 0.1) is 7.05 Å². The molecule has 0 radical (unpaired) electrons. The van der Waals surface area contributed by atoms with E-state index in [9.17, 15) is 0 Å². The van der Waals surface area contributed by atoms with Crippen molar-refractivity contribution >= 4 is 0 Å². The highest BCUT2D eigenvalue weighted by Crippen LogP contribution is 2.29. The third-order valence-electron chi connectivity index (χ3n) is 2.76. The Morgan fingerprint density at radius 3 is 2.62 bits per heavy atom. The van der Waals surface area contributed by atoms with E-state index in [0.29, 0.717) is 0 Å². The summed E-state index contributed by atoms with van der Waals surface area (Å²) in [6.07, 6.45) is 2.19. The molecule has 2 rings (SSSR count). The molecule has 0 aliphatic carbocycles. The van der Waals surface area contributed by atoms with Crippen LogP contribution in [-0.4, -0.2) is 33.3 Å². The quantitative estimate of drug-likeness (QED) is 0.654. The molecule has 1 aromatic heterocycles. The summed E-state index contributed by atoms with van der Waals surface area (Å²) in [5, 5.41) is 15.6. The fraction of sp³-hybridized carbons (Fsp3) is 0.875. The van der Waals surface area contributed by atoms with Crippen LogP contribution in [0.1, 0.15) is 25.6 Å². The van der Waals surface area contributed by atoms with Gasteiger partial charge in [-0.25, -0.2) is 0 Å². The summed E-state index contributed by atoms with van der Waals surface area (Å²) in [5.41, 5.74) is 0.125. The Bertz CT molecular complexity index is 286. The molecular weight excluding hydrogens is 166 g/mol. The van der Waals surface area contributed by atoms with E-state index in [4.69, 9.17) is 0 Å².